The van der Waals surface area contributed by atoms with E-state index in [1.54, 1.807) is 0 Å². The maximum absolute atomic E-state index is 4.95. The van der Waals surface area contributed by atoms with Crippen molar-refractivity contribution in [3.05, 3.63) is 0 Å². The van der Waals surface area contributed by atoms with E-state index in [1.807, 2.05) is 0 Å². The molecule has 7 heteroatoms. The van der Waals surface area contributed by atoms with Gasteiger partial charge < -0.3 is 0 Å². The number of hydrogen-bond acceptors (Lipinski definition) is 0. The molecule has 0 amide bonds. The van der Waals surface area contributed by atoms with E-state index in [0.717, 1.165) is 0 Å². The van der Waals surface area contributed by atoms with Gasteiger partial charge in [0, 0.05) is 121 Å². The first-order valence-electron chi connectivity index (χ1n) is 0.342. The second kappa shape index (κ2) is 18.0. The molecule has 0 aliphatic rings. The van der Waals surface area contributed by atoms with Crippen LogP contribution in [0, 0.1) is 148 Å². The third-order valence-corrected chi connectivity index (χ3v) is 0. The van der Waals surface area contributed by atoms with Crippen molar-refractivity contribution in [2.45, 2.75) is 0 Å². The van der Waals surface area contributed by atoms with Crippen molar-refractivity contribution in [1.29, 1.82) is 0 Å². The van der Waals surface area contributed by atoms with Gasteiger partial charge in [0.05, 0.1) is 0 Å². The van der Waals surface area contributed by atoms with Crippen molar-refractivity contribution in [2.75, 3.05) is 0 Å². The molecule has 0 unspecified atom stereocenters. The number of rotatable bonds is 0. The Hall–Kier alpha value is 6.13. The molecule has 0 saturated heterocycles. The van der Waals surface area contributed by atoms with Gasteiger partial charge in [0.1, 0.15) is 0 Å². The van der Waals surface area contributed by atoms with Gasteiger partial charge >= 0.3 is 46.6 Å². The van der Waals surface area contributed by atoms with Crippen LogP contribution in [0.1, 0.15) is 0 Å². The van der Waals surface area contributed by atoms with E-state index in [9.17, 15) is 0 Å². The van der Waals surface area contributed by atoms with Crippen molar-refractivity contribution in [2.24, 2.45) is 0 Å². The summed E-state index contributed by atoms with van der Waals surface area (Å²) >= 11 is -1.79. The maximum Gasteiger partial charge on any atom is 0 e. The number of halogens is 3. The van der Waals surface area contributed by atoms with Gasteiger partial charge in [-0.3, -0.25) is 0 Å². The Morgan fingerprint density at radius 1 is 1.00 bits per heavy atom. The summed E-state index contributed by atoms with van der Waals surface area (Å²) < 4.78 is 0. The van der Waals surface area contributed by atoms with Gasteiger partial charge in [-0.2, -0.15) is 0 Å². The molecule has 0 N–H and O–H groups in total. The summed E-state index contributed by atoms with van der Waals surface area (Å²) in [5.41, 5.74) is 0. The summed E-state index contributed by atoms with van der Waals surface area (Å²) in [5, 5.41) is 0. The van der Waals surface area contributed by atoms with Crippen molar-refractivity contribution in [1.82, 2.24) is 0 Å². The molecule has 0 spiro atoms. The average molecular weight is 781 g/mol. The van der Waals surface area contributed by atoms with E-state index < -0.39 is 27.4 Å². The van der Waals surface area contributed by atoms with E-state index in [4.69, 9.17) is 19.2 Å². The predicted molar refractivity (Wildman–Crippen MR) is 17.6 cm³/mol. The van der Waals surface area contributed by atoms with E-state index in [2.05, 4.69) is 0 Å². The van der Waals surface area contributed by atoms with Crippen molar-refractivity contribution in [3.63, 3.8) is 0 Å². The Labute approximate surface area is 161 Å². The second-order valence-corrected chi connectivity index (χ2v) is 8.62. The van der Waals surface area contributed by atoms with Gasteiger partial charge in [-0.1, -0.05) is 0 Å². The molecule has 0 nitrogen and oxygen atoms in total. The van der Waals surface area contributed by atoms with Crippen molar-refractivity contribution < 1.29 is 148 Å². The monoisotopic (exact) mass is 779 g/mol. The molecule has 0 aromatic rings. The predicted octanol–water partition coefficient (Wildman–Crippen LogP) is 2.07. The third-order valence-electron chi connectivity index (χ3n) is 0. The fourth-order valence-electron chi connectivity index (χ4n) is 0. The molecule has 0 rings (SSSR count). The van der Waals surface area contributed by atoms with Crippen LogP contribution >= 0.6 is 19.2 Å². The van der Waals surface area contributed by atoms with Gasteiger partial charge in [-0.25, -0.2) is 0 Å². The van der Waals surface area contributed by atoms with Crippen molar-refractivity contribution in [3.8, 4) is 0 Å². The average Bonchev–Trinajstić information content (AvgIpc) is 0.811. The molecule has 0 aromatic carbocycles. The fourth-order valence-corrected chi connectivity index (χ4v) is 0. The largest absolute Gasteiger partial charge is 0 e. The van der Waals surface area contributed by atoms with Crippen LogP contribution in [0.5, 0.6) is 0 Å². The van der Waals surface area contributed by atoms with Crippen LogP contribution < -0.4 is 0 Å². The minimum Gasteiger partial charge on any atom is 0 e. The Morgan fingerprint density at radius 3 is 1.00 bits per heavy atom. The smallest absolute Gasteiger partial charge is 0 e. The summed E-state index contributed by atoms with van der Waals surface area (Å²) in [6, 6.07) is 0. The first kappa shape index (κ1) is 23.2. The Morgan fingerprint density at radius 2 is 1.00 bits per heavy atom. The molecule has 0 bridgehead atoms. The molecular formula is Cl3ErHoTmYb. The molecular weight excluding hydrogens is 781 g/mol. The zero-order chi connectivity index (χ0) is 3.58. The molecule has 0 aromatic heterocycles. The molecule has 0 fully saturated rings. The summed E-state index contributed by atoms with van der Waals surface area (Å²) in [4.78, 5) is 0. The molecule has 0 saturated carbocycles. The normalized spacial score (nSPS) is 6.43. The zero-order valence-electron chi connectivity index (χ0n) is 2.27. The van der Waals surface area contributed by atoms with Gasteiger partial charge in [-0.15, -0.1) is 0 Å². The summed E-state index contributed by atoms with van der Waals surface area (Å²) in [6.07, 6.45) is 14.9. The first-order valence-corrected chi connectivity index (χ1v) is 7.61. The Balaban J connectivity index is -0.0000000150. The van der Waals surface area contributed by atoms with E-state index >= 15 is 0 Å². The van der Waals surface area contributed by atoms with Crippen LogP contribution in [0.4, 0.5) is 0 Å². The molecule has 71 valence electrons. The van der Waals surface area contributed by atoms with Crippen molar-refractivity contribution >= 4 is 19.2 Å². The summed E-state index contributed by atoms with van der Waals surface area (Å²) in [5.74, 6) is 0. The molecule has 0 aliphatic carbocycles. The van der Waals surface area contributed by atoms with Crippen LogP contribution in [0.25, 0.3) is 0 Å². The van der Waals surface area contributed by atoms with E-state index in [0.29, 0.717) is 0 Å². The standard InChI is InChI=1S/3ClH.Er.Ho.Tm.Yb/h3*1H;;;;/q;;;;+3;;/p-3. The quantitative estimate of drug-likeness (QED) is 0.331. The Bertz CT molecular complexity index is 19.7. The van der Waals surface area contributed by atoms with Gasteiger partial charge in [0.25, 0.3) is 0 Å². The third kappa shape index (κ3) is 33.1. The van der Waals surface area contributed by atoms with Crippen LogP contribution in [-0.2, 0) is 0 Å². The van der Waals surface area contributed by atoms with E-state index in [1.165, 1.54) is 0 Å². The molecule has 7 heavy (non-hydrogen) atoms. The van der Waals surface area contributed by atoms with Gasteiger partial charge in [0.15, 0.2) is 0 Å². The molecule has 1 radical (unpaired) electrons. The fraction of sp³-hybridized carbons (Fsp3) is 0. The minimum absolute atomic E-state index is 0. The number of hydrogen-bond donors (Lipinski definition) is 0. The minimum atomic E-state index is -1.79. The molecule has 0 atom stereocenters. The zero-order valence-corrected chi connectivity index (χ0v) is 11.8. The topological polar surface area (TPSA) is 0 Å². The van der Waals surface area contributed by atoms with Crippen LogP contribution in [0.3, 0.4) is 0 Å². The Kier molecular flexibility index (Phi) is 59.7. The summed E-state index contributed by atoms with van der Waals surface area (Å²) in [6.45, 7) is 0. The molecule has 0 heterocycles. The summed E-state index contributed by atoms with van der Waals surface area (Å²) in [7, 11) is 0. The van der Waals surface area contributed by atoms with E-state index in [-0.39, 0.29) is 121 Å². The SMILES string of the molecule is [Cl][Ho]([Cl])[Cl].[Er].[Tm].[Yb]. The first-order chi connectivity index (χ1) is 1.73. The van der Waals surface area contributed by atoms with Crippen LogP contribution in [-0.4, -0.2) is 0 Å². The van der Waals surface area contributed by atoms with Crippen LogP contribution in [0.2, 0.25) is 0 Å². The maximum atomic E-state index is 4.95. The molecule has 0 aliphatic heterocycles. The van der Waals surface area contributed by atoms with Gasteiger partial charge in [0.2, 0.25) is 0 Å². The second-order valence-electron chi connectivity index (χ2n) is 0.129. The van der Waals surface area contributed by atoms with Crippen LogP contribution in [0.15, 0.2) is 0 Å². The van der Waals surface area contributed by atoms with Gasteiger partial charge in [-0.05, 0) is 0 Å².